The molecule has 1 aromatic carbocycles. The maximum absolute atomic E-state index is 12.2. The Kier molecular flexibility index (Phi) is 3.89. The van der Waals surface area contributed by atoms with E-state index in [-0.39, 0.29) is 10.8 Å². The van der Waals surface area contributed by atoms with Gasteiger partial charge >= 0.3 is 0 Å². The van der Waals surface area contributed by atoms with Crippen LogP contribution in [0.1, 0.15) is 0 Å². The molecule has 0 aliphatic heterocycles. The molecule has 17 heavy (non-hydrogen) atoms. The van der Waals surface area contributed by atoms with Crippen molar-refractivity contribution in [2.45, 2.75) is 6.54 Å². The summed E-state index contributed by atoms with van der Waals surface area (Å²) in [7, 11) is 0. The molecule has 0 spiro atoms. The second-order valence-electron chi connectivity index (χ2n) is 3.37. The molecule has 0 bridgehead atoms. The molecular weight excluding hydrogens is 418 g/mol. The third-order valence-electron chi connectivity index (χ3n) is 2.24. The molecule has 0 unspecified atom stereocenters. The summed E-state index contributed by atoms with van der Waals surface area (Å²) in [5, 5.41) is 0.734. The Morgan fingerprint density at radius 3 is 2.94 bits per heavy atom. The van der Waals surface area contributed by atoms with Gasteiger partial charge in [-0.2, -0.15) is 0 Å². The molecule has 2 rings (SSSR count). The van der Waals surface area contributed by atoms with Crippen LogP contribution in [0.2, 0.25) is 5.28 Å². The van der Waals surface area contributed by atoms with Crippen LogP contribution < -0.4 is 5.56 Å². The summed E-state index contributed by atoms with van der Waals surface area (Å²) in [5.74, 6) is 0. The predicted octanol–water partition coefficient (Wildman–Crippen LogP) is 3.60. The van der Waals surface area contributed by atoms with Gasteiger partial charge in [0.15, 0.2) is 0 Å². The first-order valence-corrected chi connectivity index (χ1v) is 6.95. The van der Waals surface area contributed by atoms with E-state index in [1.165, 1.54) is 4.57 Å². The fourth-order valence-corrected chi connectivity index (χ4v) is 3.37. The second-order valence-corrected chi connectivity index (χ2v) is 5.78. The van der Waals surface area contributed by atoms with Crippen molar-refractivity contribution < 1.29 is 0 Å². The molecule has 0 atom stereocenters. The van der Waals surface area contributed by atoms with Crippen molar-refractivity contribution >= 4 is 61.0 Å². The average molecular weight is 425 g/mol. The number of benzene rings is 1. The van der Waals surface area contributed by atoms with Gasteiger partial charge in [0.05, 0.1) is 10.9 Å². The SMILES string of the molecule is C=CCn1c(Cl)nc2c(I)cc(Br)cc2c1=O. The Labute approximate surface area is 125 Å². The van der Waals surface area contributed by atoms with Crippen LogP contribution in [0.25, 0.3) is 10.9 Å². The molecule has 0 aliphatic carbocycles. The number of hydrogen-bond donors (Lipinski definition) is 0. The predicted molar refractivity (Wildman–Crippen MR) is 81.6 cm³/mol. The molecule has 88 valence electrons. The number of halogens is 3. The quantitative estimate of drug-likeness (QED) is 0.419. The summed E-state index contributed by atoms with van der Waals surface area (Å²) < 4.78 is 3.12. The maximum Gasteiger partial charge on any atom is 0.262 e. The van der Waals surface area contributed by atoms with E-state index in [1.807, 2.05) is 6.07 Å². The molecule has 0 radical (unpaired) electrons. The maximum atomic E-state index is 12.2. The minimum Gasteiger partial charge on any atom is -0.279 e. The first-order valence-electron chi connectivity index (χ1n) is 4.70. The molecule has 1 heterocycles. The van der Waals surface area contributed by atoms with Gasteiger partial charge in [-0.1, -0.05) is 22.0 Å². The largest absolute Gasteiger partial charge is 0.279 e. The van der Waals surface area contributed by atoms with E-state index in [0.29, 0.717) is 17.4 Å². The lowest BCUT2D eigenvalue weighted by molar-refractivity contribution is 0.769. The number of fused-ring (bicyclic) bond motifs is 1. The van der Waals surface area contributed by atoms with E-state index in [2.05, 4.69) is 50.1 Å². The minimum absolute atomic E-state index is 0.154. The van der Waals surface area contributed by atoms with Crippen LogP contribution in [0.15, 0.2) is 34.1 Å². The van der Waals surface area contributed by atoms with Crippen LogP contribution >= 0.6 is 50.1 Å². The van der Waals surface area contributed by atoms with Gasteiger partial charge in [-0.25, -0.2) is 4.98 Å². The van der Waals surface area contributed by atoms with Crippen LogP contribution in [-0.4, -0.2) is 9.55 Å². The van der Waals surface area contributed by atoms with E-state index in [4.69, 9.17) is 11.6 Å². The van der Waals surface area contributed by atoms with Crippen molar-refractivity contribution in [2.24, 2.45) is 0 Å². The van der Waals surface area contributed by atoms with Gasteiger partial charge in [-0.15, -0.1) is 6.58 Å². The molecule has 0 saturated heterocycles. The highest BCUT2D eigenvalue weighted by molar-refractivity contribution is 14.1. The fourth-order valence-electron chi connectivity index (χ4n) is 1.51. The molecule has 2 aromatic rings. The van der Waals surface area contributed by atoms with E-state index in [1.54, 1.807) is 12.1 Å². The highest BCUT2D eigenvalue weighted by Crippen LogP contribution is 2.23. The highest BCUT2D eigenvalue weighted by atomic mass is 127. The third-order valence-corrected chi connectivity index (χ3v) is 3.81. The third kappa shape index (κ3) is 2.41. The normalized spacial score (nSPS) is 10.8. The number of aromatic nitrogens is 2. The molecule has 0 N–H and O–H groups in total. The summed E-state index contributed by atoms with van der Waals surface area (Å²) in [6.45, 7) is 3.95. The van der Waals surface area contributed by atoms with Crippen molar-refractivity contribution in [1.29, 1.82) is 0 Å². The molecule has 1 aromatic heterocycles. The lowest BCUT2D eigenvalue weighted by atomic mass is 10.2. The van der Waals surface area contributed by atoms with Crippen LogP contribution in [-0.2, 0) is 6.54 Å². The molecule has 0 saturated carbocycles. The Hall–Kier alpha value is -0.400. The van der Waals surface area contributed by atoms with Gasteiger partial charge in [0, 0.05) is 14.6 Å². The number of nitrogens with zero attached hydrogens (tertiary/aromatic N) is 2. The van der Waals surface area contributed by atoms with E-state index in [9.17, 15) is 4.79 Å². The molecule has 0 aliphatic rings. The number of hydrogen-bond acceptors (Lipinski definition) is 2. The standard InChI is InChI=1S/C11H7BrClIN2O/c1-2-3-16-10(17)7-4-6(12)5-8(14)9(7)15-11(16)13/h2,4-5H,1,3H2. The van der Waals surface area contributed by atoms with Gasteiger partial charge in [0.2, 0.25) is 5.28 Å². The Bertz CT molecular complexity index is 669. The van der Waals surface area contributed by atoms with Crippen molar-refractivity contribution in [2.75, 3.05) is 0 Å². The zero-order valence-electron chi connectivity index (χ0n) is 8.58. The van der Waals surface area contributed by atoms with Crippen molar-refractivity contribution in [1.82, 2.24) is 9.55 Å². The first-order chi connectivity index (χ1) is 8.04. The minimum atomic E-state index is -0.154. The monoisotopic (exact) mass is 424 g/mol. The summed E-state index contributed by atoms with van der Waals surface area (Å²) in [5.41, 5.74) is 0.475. The topological polar surface area (TPSA) is 34.9 Å². The van der Waals surface area contributed by atoms with E-state index >= 15 is 0 Å². The molecule has 0 fully saturated rings. The van der Waals surface area contributed by atoms with Gasteiger partial charge in [-0.3, -0.25) is 9.36 Å². The first kappa shape index (κ1) is 13.0. The van der Waals surface area contributed by atoms with Gasteiger partial charge in [-0.05, 0) is 46.3 Å². The van der Waals surface area contributed by atoms with Crippen LogP contribution in [0.3, 0.4) is 0 Å². The smallest absolute Gasteiger partial charge is 0.262 e. The lowest BCUT2D eigenvalue weighted by Crippen LogP contribution is -2.21. The summed E-state index contributed by atoms with van der Waals surface area (Å²) in [6, 6.07) is 3.65. The number of allylic oxidation sites excluding steroid dienone is 1. The molecule has 3 nitrogen and oxygen atoms in total. The van der Waals surface area contributed by atoms with Crippen molar-refractivity contribution in [3.63, 3.8) is 0 Å². The summed E-state index contributed by atoms with van der Waals surface area (Å²) >= 11 is 11.5. The van der Waals surface area contributed by atoms with Gasteiger partial charge in [0.1, 0.15) is 0 Å². The second kappa shape index (κ2) is 5.07. The number of rotatable bonds is 2. The average Bonchev–Trinajstić information content (AvgIpc) is 2.26. The Morgan fingerprint density at radius 2 is 2.29 bits per heavy atom. The summed E-state index contributed by atoms with van der Waals surface area (Å²) in [6.07, 6.45) is 1.61. The summed E-state index contributed by atoms with van der Waals surface area (Å²) in [4.78, 5) is 16.5. The fraction of sp³-hybridized carbons (Fsp3) is 0.0909. The van der Waals surface area contributed by atoms with Crippen molar-refractivity contribution in [3.8, 4) is 0 Å². The lowest BCUT2D eigenvalue weighted by Gasteiger charge is -2.08. The molecule has 0 amide bonds. The zero-order valence-corrected chi connectivity index (χ0v) is 13.1. The Morgan fingerprint density at radius 1 is 1.59 bits per heavy atom. The van der Waals surface area contributed by atoms with E-state index in [0.717, 1.165) is 8.04 Å². The Balaban J connectivity index is 2.92. The van der Waals surface area contributed by atoms with E-state index < -0.39 is 0 Å². The van der Waals surface area contributed by atoms with Gasteiger partial charge in [0.25, 0.3) is 5.56 Å². The van der Waals surface area contributed by atoms with Gasteiger partial charge < -0.3 is 0 Å². The van der Waals surface area contributed by atoms with Crippen molar-refractivity contribution in [3.05, 3.63) is 48.5 Å². The van der Waals surface area contributed by atoms with Crippen LogP contribution in [0, 0.1) is 3.57 Å². The molecule has 6 heteroatoms. The van der Waals surface area contributed by atoms with Crippen LogP contribution in [0.4, 0.5) is 0 Å². The molecular formula is C11H7BrClIN2O. The zero-order chi connectivity index (χ0) is 12.6. The highest BCUT2D eigenvalue weighted by Gasteiger charge is 2.11. The van der Waals surface area contributed by atoms with Crippen LogP contribution in [0.5, 0.6) is 0 Å².